The molecule has 134 valence electrons. The van der Waals surface area contributed by atoms with Gasteiger partial charge in [-0.2, -0.15) is 13.2 Å². The topological polar surface area (TPSA) is 66.5 Å². The second-order valence-electron chi connectivity index (χ2n) is 5.49. The van der Waals surface area contributed by atoms with Crippen LogP contribution in [0.25, 0.3) is 0 Å². The summed E-state index contributed by atoms with van der Waals surface area (Å²) in [5.74, 6) is -0.465. The minimum Gasteiger partial charge on any atom is -0.468 e. The number of amides is 1. The van der Waals surface area contributed by atoms with Gasteiger partial charge in [-0.25, -0.2) is 4.98 Å². The van der Waals surface area contributed by atoms with Crippen molar-refractivity contribution in [2.45, 2.75) is 12.6 Å². The van der Waals surface area contributed by atoms with Crippen LogP contribution in [0.2, 0.25) is 0 Å². The van der Waals surface area contributed by atoms with E-state index >= 15 is 0 Å². The van der Waals surface area contributed by atoms with Crippen LogP contribution >= 0.6 is 0 Å². The van der Waals surface area contributed by atoms with E-state index in [9.17, 15) is 18.0 Å². The highest BCUT2D eigenvalue weighted by Gasteiger charge is 2.28. The molecule has 0 saturated carbocycles. The van der Waals surface area contributed by atoms with Gasteiger partial charge in [0.05, 0.1) is 5.56 Å². The summed E-state index contributed by atoms with van der Waals surface area (Å²) in [4.78, 5) is 18.0. The van der Waals surface area contributed by atoms with E-state index in [4.69, 9.17) is 0 Å². The molecule has 0 atom stereocenters. The van der Waals surface area contributed by atoms with Crippen molar-refractivity contribution in [3.05, 3.63) is 23.9 Å². The lowest BCUT2D eigenvalue weighted by atomic mass is 10.2. The summed E-state index contributed by atoms with van der Waals surface area (Å²) in [6.45, 7) is 4.05. The number of pyridine rings is 1. The molecule has 1 aromatic rings. The molecule has 1 aliphatic rings. The Balaban J connectivity index is 1.68. The number of nitrogens with zero attached hydrogens (tertiary/aromatic N) is 2. The van der Waals surface area contributed by atoms with Crippen LogP contribution in [0.5, 0.6) is 5.88 Å². The van der Waals surface area contributed by atoms with Crippen LogP contribution in [0.3, 0.4) is 0 Å². The number of carbonyl (C=O) groups excluding carboxylic acids is 1. The number of rotatable bonds is 7. The Morgan fingerprint density at radius 1 is 1.33 bits per heavy atom. The molecule has 0 aromatic carbocycles. The van der Waals surface area contributed by atoms with Crippen molar-refractivity contribution < 1.29 is 22.7 Å². The average molecular weight is 346 g/mol. The molecule has 2 N–H and O–H groups in total. The number of carbonyl (C=O) groups is 1. The van der Waals surface area contributed by atoms with Gasteiger partial charge in [0.1, 0.15) is 0 Å². The van der Waals surface area contributed by atoms with Gasteiger partial charge in [-0.05, 0) is 19.0 Å². The second kappa shape index (κ2) is 8.84. The number of ether oxygens (including phenoxy) is 1. The molecule has 1 fully saturated rings. The monoisotopic (exact) mass is 346 g/mol. The minimum absolute atomic E-state index is 0.164. The van der Waals surface area contributed by atoms with Crippen LogP contribution in [-0.4, -0.2) is 67.8 Å². The number of aromatic nitrogens is 1. The Morgan fingerprint density at radius 2 is 2.08 bits per heavy atom. The fourth-order valence-corrected chi connectivity index (χ4v) is 2.30. The molecule has 0 spiro atoms. The molecule has 6 nitrogen and oxygen atoms in total. The Kier molecular flexibility index (Phi) is 6.80. The molecule has 1 saturated heterocycles. The summed E-state index contributed by atoms with van der Waals surface area (Å²) in [6.07, 6.45) is -2.37. The smallest absolute Gasteiger partial charge is 0.422 e. The van der Waals surface area contributed by atoms with Gasteiger partial charge in [0.15, 0.2) is 6.61 Å². The first-order chi connectivity index (χ1) is 11.4. The minimum atomic E-state index is -4.41. The van der Waals surface area contributed by atoms with Crippen molar-refractivity contribution in [2.24, 2.45) is 0 Å². The summed E-state index contributed by atoms with van der Waals surface area (Å²) < 4.78 is 40.6. The van der Waals surface area contributed by atoms with Gasteiger partial charge in [-0.3, -0.25) is 4.79 Å². The van der Waals surface area contributed by atoms with E-state index in [-0.39, 0.29) is 17.4 Å². The van der Waals surface area contributed by atoms with Crippen LogP contribution < -0.4 is 15.4 Å². The lowest BCUT2D eigenvalue weighted by Gasteiger charge is -2.27. The summed E-state index contributed by atoms with van der Waals surface area (Å²) in [6, 6.07) is 2.64. The van der Waals surface area contributed by atoms with Gasteiger partial charge >= 0.3 is 6.18 Å². The molecule has 1 amide bonds. The molecule has 1 aromatic heterocycles. The van der Waals surface area contributed by atoms with Gasteiger partial charge in [-0.1, -0.05) is 0 Å². The number of hydrogen-bond acceptors (Lipinski definition) is 5. The van der Waals surface area contributed by atoms with E-state index < -0.39 is 12.8 Å². The van der Waals surface area contributed by atoms with E-state index in [0.29, 0.717) is 6.54 Å². The van der Waals surface area contributed by atoms with Gasteiger partial charge in [0, 0.05) is 45.0 Å². The van der Waals surface area contributed by atoms with Gasteiger partial charge in [0.25, 0.3) is 5.91 Å². The summed E-state index contributed by atoms with van der Waals surface area (Å²) in [7, 11) is 0. The fraction of sp³-hybridized carbons (Fsp3) is 0.600. The van der Waals surface area contributed by atoms with Crippen LogP contribution in [0.15, 0.2) is 18.3 Å². The first-order valence-corrected chi connectivity index (χ1v) is 7.81. The van der Waals surface area contributed by atoms with Crippen LogP contribution in [0, 0.1) is 0 Å². The van der Waals surface area contributed by atoms with Gasteiger partial charge in [0.2, 0.25) is 5.88 Å². The third-order valence-corrected chi connectivity index (χ3v) is 3.53. The van der Waals surface area contributed by atoms with Gasteiger partial charge < -0.3 is 20.3 Å². The number of piperazine rings is 1. The predicted molar refractivity (Wildman–Crippen MR) is 82.0 cm³/mol. The lowest BCUT2D eigenvalue weighted by Crippen LogP contribution is -2.44. The zero-order valence-electron chi connectivity index (χ0n) is 13.2. The largest absolute Gasteiger partial charge is 0.468 e. The molecule has 2 rings (SSSR count). The molecule has 0 bridgehead atoms. The molecule has 24 heavy (non-hydrogen) atoms. The maximum Gasteiger partial charge on any atom is 0.422 e. The van der Waals surface area contributed by atoms with Crippen LogP contribution in [0.4, 0.5) is 13.2 Å². The zero-order valence-corrected chi connectivity index (χ0v) is 13.2. The van der Waals surface area contributed by atoms with Crippen molar-refractivity contribution in [3.63, 3.8) is 0 Å². The Bertz CT molecular complexity index is 516. The molecule has 0 radical (unpaired) electrons. The molecular formula is C15H21F3N4O2. The molecule has 2 heterocycles. The van der Waals surface area contributed by atoms with Crippen molar-refractivity contribution in [1.29, 1.82) is 0 Å². The maximum absolute atomic E-state index is 12.0. The number of halogens is 3. The number of alkyl halides is 3. The number of hydrogen-bond donors (Lipinski definition) is 2. The Labute approximate surface area is 138 Å². The normalized spacial score (nSPS) is 16.0. The predicted octanol–water partition coefficient (Wildman–Crippen LogP) is 1.05. The van der Waals surface area contributed by atoms with Crippen molar-refractivity contribution in [2.75, 3.05) is 45.9 Å². The summed E-state index contributed by atoms with van der Waals surface area (Å²) >= 11 is 0. The third-order valence-electron chi connectivity index (χ3n) is 3.53. The average Bonchev–Trinajstić information content (AvgIpc) is 2.57. The Morgan fingerprint density at radius 3 is 2.71 bits per heavy atom. The van der Waals surface area contributed by atoms with Crippen LogP contribution in [-0.2, 0) is 0 Å². The molecule has 0 aliphatic carbocycles. The van der Waals surface area contributed by atoms with E-state index in [0.717, 1.165) is 39.1 Å². The lowest BCUT2D eigenvalue weighted by molar-refractivity contribution is -0.154. The van der Waals surface area contributed by atoms with Gasteiger partial charge in [-0.15, -0.1) is 0 Å². The first kappa shape index (κ1) is 18.5. The highest BCUT2D eigenvalue weighted by Crippen LogP contribution is 2.17. The van der Waals surface area contributed by atoms with E-state index in [1.807, 2.05) is 0 Å². The molecular weight excluding hydrogens is 325 g/mol. The molecule has 9 heteroatoms. The quantitative estimate of drug-likeness (QED) is 0.723. The van der Waals surface area contributed by atoms with E-state index in [2.05, 4.69) is 25.3 Å². The van der Waals surface area contributed by atoms with E-state index in [1.54, 1.807) is 0 Å². The molecule has 1 aliphatic heterocycles. The summed E-state index contributed by atoms with van der Waals surface area (Å²) in [5, 5.41) is 6.05. The summed E-state index contributed by atoms with van der Waals surface area (Å²) in [5.41, 5.74) is 0.288. The molecule has 0 unspecified atom stereocenters. The van der Waals surface area contributed by atoms with Crippen molar-refractivity contribution in [1.82, 2.24) is 20.5 Å². The van der Waals surface area contributed by atoms with Crippen molar-refractivity contribution in [3.8, 4) is 5.88 Å². The second-order valence-corrected chi connectivity index (χ2v) is 5.49. The highest BCUT2D eigenvalue weighted by atomic mass is 19.4. The SMILES string of the molecule is O=C(NCCCN1CCNCC1)c1ccc(OCC(F)(F)F)nc1. The Hall–Kier alpha value is -1.87. The first-order valence-electron chi connectivity index (χ1n) is 7.81. The standard InChI is InChI=1S/C15H21F3N4O2/c16-15(17,18)11-24-13-3-2-12(10-21-13)14(23)20-4-1-7-22-8-5-19-6-9-22/h2-3,10,19H,1,4-9,11H2,(H,20,23). The zero-order chi connectivity index (χ0) is 17.4. The van der Waals surface area contributed by atoms with E-state index in [1.165, 1.54) is 18.3 Å². The third kappa shape index (κ3) is 6.71. The van der Waals surface area contributed by atoms with Crippen molar-refractivity contribution >= 4 is 5.91 Å². The maximum atomic E-state index is 12.0. The van der Waals surface area contributed by atoms with Crippen LogP contribution in [0.1, 0.15) is 16.8 Å². The number of nitrogens with one attached hydrogen (secondary N) is 2. The highest BCUT2D eigenvalue weighted by molar-refractivity contribution is 5.93. The fourth-order valence-electron chi connectivity index (χ4n) is 2.30.